The van der Waals surface area contributed by atoms with E-state index in [9.17, 15) is 5.26 Å². The van der Waals surface area contributed by atoms with Crippen molar-refractivity contribution < 1.29 is 0 Å². The lowest BCUT2D eigenvalue weighted by Gasteiger charge is -2.35. The zero-order valence-corrected chi connectivity index (χ0v) is 13.8. The molecule has 0 atom stereocenters. The molecule has 1 saturated heterocycles. The van der Waals surface area contributed by atoms with Crippen LogP contribution in [0.5, 0.6) is 0 Å². The summed E-state index contributed by atoms with van der Waals surface area (Å²) in [5, 5.41) is 12.9. The highest BCUT2D eigenvalue weighted by molar-refractivity contribution is 5.59. The number of anilines is 2. The Balaban J connectivity index is 1.63. The van der Waals surface area contributed by atoms with Gasteiger partial charge in [-0.25, -0.2) is 0 Å². The third kappa shape index (κ3) is 3.48. The Morgan fingerprint density at radius 1 is 1.09 bits per heavy atom. The summed E-state index contributed by atoms with van der Waals surface area (Å²) in [5.74, 6) is 0. The molecule has 0 unspecified atom stereocenters. The number of aryl methyl sites for hydroxylation is 2. The minimum Gasteiger partial charge on any atom is -0.382 e. The Bertz CT molecular complexity index is 722. The van der Waals surface area contributed by atoms with Gasteiger partial charge in [0.15, 0.2) is 0 Å². The number of hydrogen-bond acceptors (Lipinski definition) is 3. The third-order valence-electron chi connectivity index (χ3n) is 4.60. The van der Waals surface area contributed by atoms with E-state index in [1.165, 1.54) is 16.8 Å². The van der Waals surface area contributed by atoms with E-state index in [2.05, 4.69) is 54.4 Å². The topological polar surface area (TPSA) is 39.1 Å². The molecule has 0 radical (unpaired) electrons. The fourth-order valence-electron chi connectivity index (χ4n) is 3.30. The molecule has 1 aliphatic rings. The van der Waals surface area contributed by atoms with Gasteiger partial charge in [0, 0.05) is 24.8 Å². The van der Waals surface area contributed by atoms with Crippen molar-refractivity contribution in [2.45, 2.75) is 32.7 Å². The number of benzene rings is 2. The highest BCUT2D eigenvalue weighted by Gasteiger charge is 2.21. The standard InChI is InChI=1S/C20H23N3/c1-15-7-8-19(16(2)13-15)22-18-9-11-23(12-10-18)20-6-4-3-5-17(20)14-21/h3-8,13,18,22H,9-12H2,1-2H3. The van der Waals surface area contributed by atoms with E-state index in [0.717, 1.165) is 37.2 Å². The number of para-hydroxylation sites is 1. The SMILES string of the molecule is Cc1ccc(NC2CCN(c3ccccc3C#N)CC2)c(C)c1. The summed E-state index contributed by atoms with van der Waals surface area (Å²) < 4.78 is 0. The summed E-state index contributed by atoms with van der Waals surface area (Å²) >= 11 is 0. The van der Waals surface area contributed by atoms with Gasteiger partial charge in [0.1, 0.15) is 6.07 Å². The normalized spacial score (nSPS) is 15.3. The predicted octanol–water partition coefficient (Wildman–Crippen LogP) is 4.26. The smallest absolute Gasteiger partial charge is 0.101 e. The van der Waals surface area contributed by atoms with Crippen LogP contribution in [0.1, 0.15) is 29.5 Å². The van der Waals surface area contributed by atoms with Gasteiger partial charge in [-0.1, -0.05) is 29.8 Å². The Kier molecular flexibility index (Phi) is 4.52. The fourth-order valence-corrected chi connectivity index (χ4v) is 3.30. The van der Waals surface area contributed by atoms with Crippen molar-refractivity contribution >= 4 is 11.4 Å². The number of nitrogens with zero attached hydrogens (tertiary/aromatic N) is 2. The maximum absolute atomic E-state index is 9.26. The second kappa shape index (κ2) is 6.75. The number of piperidine rings is 1. The molecule has 2 aromatic carbocycles. The minimum absolute atomic E-state index is 0.502. The van der Waals surface area contributed by atoms with E-state index in [0.29, 0.717) is 6.04 Å². The van der Waals surface area contributed by atoms with Gasteiger partial charge in [0.25, 0.3) is 0 Å². The van der Waals surface area contributed by atoms with Crippen LogP contribution in [0.2, 0.25) is 0 Å². The van der Waals surface area contributed by atoms with Gasteiger partial charge < -0.3 is 10.2 Å². The molecule has 0 bridgehead atoms. The first-order valence-electron chi connectivity index (χ1n) is 8.25. The van der Waals surface area contributed by atoms with E-state index in [-0.39, 0.29) is 0 Å². The Labute approximate surface area is 138 Å². The molecule has 1 fully saturated rings. The van der Waals surface area contributed by atoms with Crippen molar-refractivity contribution in [3.05, 3.63) is 59.2 Å². The lowest BCUT2D eigenvalue weighted by atomic mass is 10.0. The van der Waals surface area contributed by atoms with E-state index < -0.39 is 0 Å². The Morgan fingerprint density at radius 3 is 2.52 bits per heavy atom. The summed E-state index contributed by atoms with van der Waals surface area (Å²) in [5.41, 5.74) is 5.69. The molecule has 0 aromatic heterocycles. The van der Waals surface area contributed by atoms with Gasteiger partial charge in [-0.05, 0) is 50.5 Å². The van der Waals surface area contributed by atoms with Gasteiger partial charge in [-0.3, -0.25) is 0 Å². The lowest BCUT2D eigenvalue weighted by Crippen LogP contribution is -2.39. The van der Waals surface area contributed by atoms with Gasteiger partial charge in [0.05, 0.1) is 11.3 Å². The van der Waals surface area contributed by atoms with E-state index in [1.54, 1.807) is 0 Å². The van der Waals surface area contributed by atoms with Crippen LogP contribution in [0.25, 0.3) is 0 Å². The van der Waals surface area contributed by atoms with Crippen LogP contribution in [0.4, 0.5) is 11.4 Å². The number of hydrogen-bond donors (Lipinski definition) is 1. The molecule has 3 heteroatoms. The van der Waals surface area contributed by atoms with Crippen LogP contribution in [-0.2, 0) is 0 Å². The number of nitriles is 1. The monoisotopic (exact) mass is 305 g/mol. The van der Waals surface area contributed by atoms with E-state index >= 15 is 0 Å². The highest BCUT2D eigenvalue weighted by atomic mass is 15.1. The largest absolute Gasteiger partial charge is 0.382 e. The van der Waals surface area contributed by atoms with Gasteiger partial charge >= 0.3 is 0 Å². The van der Waals surface area contributed by atoms with Crippen molar-refractivity contribution in [3.8, 4) is 6.07 Å². The lowest BCUT2D eigenvalue weighted by molar-refractivity contribution is 0.526. The first-order chi connectivity index (χ1) is 11.2. The molecular weight excluding hydrogens is 282 g/mol. The van der Waals surface area contributed by atoms with Crippen LogP contribution in [0.15, 0.2) is 42.5 Å². The first kappa shape index (κ1) is 15.4. The summed E-state index contributed by atoms with van der Waals surface area (Å²) in [6.45, 7) is 6.26. The second-order valence-electron chi connectivity index (χ2n) is 6.35. The van der Waals surface area contributed by atoms with Crippen molar-refractivity contribution in [2.24, 2.45) is 0 Å². The average molecular weight is 305 g/mol. The highest BCUT2D eigenvalue weighted by Crippen LogP contribution is 2.26. The summed E-state index contributed by atoms with van der Waals surface area (Å²) in [6.07, 6.45) is 2.18. The molecular formula is C20H23N3. The summed E-state index contributed by atoms with van der Waals surface area (Å²) in [7, 11) is 0. The molecule has 0 saturated carbocycles. The Morgan fingerprint density at radius 2 is 1.83 bits per heavy atom. The maximum Gasteiger partial charge on any atom is 0.101 e. The van der Waals surface area contributed by atoms with Crippen LogP contribution < -0.4 is 10.2 Å². The molecule has 118 valence electrons. The zero-order chi connectivity index (χ0) is 16.2. The van der Waals surface area contributed by atoms with E-state index in [1.807, 2.05) is 18.2 Å². The Hall–Kier alpha value is -2.47. The van der Waals surface area contributed by atoms with Crippen molar-refractivity contribution in [1.29, 1.82) is 5.26 Å². The molecule has 1 aliphatic heterocycles. The first-order valence-corrected chi connectivity index (χ1v) is 8.25. The quantitative estimate of drug-likeness (QED) is 0.921. The summed E-state index contributed by atoms with van der Waals surface area (Å²) in [4.78, 5) is 2.33. The molecule has 0 amide bonds. The van der Waals surface area contributed by atoms with Crippen LogP contribution >= 0.6 is 0 Å². The van der Waals surface area contributed by atoms with Crippen molar-refractivity contribution in [1.82, 2.24) is 0 Å². The second-order valence-corrected chi connectivity index (χ2v) is 6.35. The van der Waals surface area contributed by atoms with Crippen LogP contribution in [0, 0.1) is 25.2 Å². The van der Waals surface area contributed by atoms with E-state index in [4.69, 9.17) is 0 Å². The maximum atomic E-state index is 9.26. The third-order valence-corrected chi connectivity index (χ3v) is 4.60. The molecule has 0 aliphatic carbocycles. The fraction of sp³-hybridized carbons (Fsp3) is 0.350. The minimum atomic E-state index is 0.502. The molecule has 3 rings (SSSR count). The van der Waals surface area contributed by atoms with Crippen molar-refractivity contribution in [3.63, 3.8) is 0 Å². The molecule has 3 nitrogen and oxygen atoms in total. The predicted molar refractivity (Wildman–Crippen MR) is 95.9 cm³/mol. The summed E-state index contributed by atoms with van der Waals surface area (Å²) in [6, 6.07) is 17.3. The van der Waals surface area contributed by atoms with Gasteiger partial charge in [0.2, 0.25) is 0 Å². The zero-order valence-electron chi connectivity index (χ0n) is 13.8. The molecule has 23 heavy (non-hydrogen) atoms. The molecule has 1 N–H and O–H groups in total. The molecule has 1 heterocycles. The number of rotatable bonds is 3. The van der Waals surface area contributed by atoms with Gasteiger partial charge in [-0.2, -0.15) is 5.26 Å². The molecule has 0 spiro atoms. The van der Waals surface area contributed by atoms with Gasteiger partial charge in [-0.15, -0.1) is 0 Å². The van der Waals surface area contributed by atoms with Crippen LogP contribution in [0.3, 0.4) is 0 Å². The average Bonchev–Trinajstić information content (AvgIpc) is 2.58. The molecule has 2 aromatic rings. The van der Waals surface area contributed by atoms with Crippen molar-refractivity contribution in [2.75, 3.05) is 23.3 Å². The number of nitrogens with one attached hydrogen (secondary N) is 1. The van der Waals surface area contributed by atoms with Crippen LogP contribution in [-0.4, -0.2) is 19.1 Å².